The van der Waals surface area contributed by atoms with Gasteiger partial charge in [-0.25, -0.2) is 0 Å². The van der Waals surface area contributed by atoms with E-state index in [0.29, 0.717) is 19.3 Å². The van der Waals surface area contributed by atoms with Crippen LogP contribution in [0.3, 0.4) is 0 Å². The molecule has 6 heteroatoms. The first kappa shape index (κ1) is 80.4. The lowest BCUT2D eigenvalue weighted by Crippen LogP contribution is -2.30. The zero-order valence-corrected chi connectivity index (χ0v) is 56.0. The molecular weight excluding hydrogens is 1020 g/mol. The van der Waals surface area contributed by atoms with Crippen LogP contribution in [0.25, 0.3) is 0 Å². The van der Waals surface area contributed by atoms with E-state index in [9.17, 15) is 14.4 Å². The molecule has 0 aromatic rings. The standard InChI is InChI=1S/C77H142O6/c1-4-7-10-13-16-19-22-25-28-30-32-34-36-38-39-40-42-43-45-47-49-52-55-58-61-64-67-70-76(79)82-73-74(72-81-75(78)69-66-63-60-57-54-51-27-24-21-18-15-12-9-6-3)83-77(80)71-68-65-62-59-56-53-50-48-46-44-41-37-35-33-31-29-26-23-20-17-14-11-8-5-2/h22,24-25,27,30,32,36,38,74H,4-21,23,26,28-29,31,33-35,37,39-73H2,1-3H3/b25-22-,27-24-,32-30-,38-36-. The van der Waals surface area contributed by atoms with Crippen molar-refractivity contribution in [3.8, 4) is 0 Å². The summed E-state index contributed by atoms with van der Waals surface area (Å²) in [6, 6.07) is 0. The van der Waals surface area contributed by atoms with Gasteiger partial charge in [0.1, 0.15) is 13.2 Å². The molecule has 0 spiro atoms. The average molecular weight is 1160 g/mol. The summed E-state index contributed by atoms with van der Waals surface area (Å²) >= 11 is 0. The lowest BCUT2D eigenvalue weighted by molar-refractivity contribution is -0.167. The van der Waals surface area contributed by atoms with Crippen LogP contribution in [0.15, 0.2) is 48.6 Å². The third kappa shape index (κ3) is 70.0. The van der Waals surface area contributed by atoms with Crippen LogP contribution in [-0.4, -0.2) is 37.2 Å². The summed E-state index contributed by atoms with van der Waals surface area (Å²) in [4.78, 5) is 38.5. The molecule has 0 aliphatic heterocycles. The van der Waals surface area contributed by atoms with Gasteiger partial charge in [-0.1, -0.05) is 352 Å². The molecule has 1 atom stereocenters. The van der Waals surface area contributed by atoms with Crippen molar-refractivity contribution in [2.75, 3.05) is 13.2 Å². The molecule has 0 heterocycles. The number of carbonyl (C=O) groups is 3. The number of rotatable bonds is 69. The number of hydrogen-bond donors (Lipinski definition) is 0. The Kier molecular flexibility index (Phi) is 69.6. The van der Waals surface area contributed by atoms with Gasteiger partial charge in [0.25, 0.3) is 0 Å². The van der Waals surface area contributed by atoms with Gasteiger partial charge in [-0.2, -0.15) is 0 Å². The summed E-state index contributed by atoms with van der Waals surface area (Å²) in [5, 5.41) is 0. The van der Waals surface area contributed by atoms with E-state index in [1.54, 1.807) is 0 Å². The van der Waals surface area contributed by atoms with Crippen molar-refractivity contribution in [3.63, 3.8) is 0 Å². The molecule has 0 aliphatic rings. The van der Waals surface area contributed by atoms with Crippen molar-refractivity contribution in [1.29, 1.82) is 0 Å². The third-order valence-corrected chi connectivity index (χ3v) is 16.8. The summed E-state index contributed by atoms with van der Waals surface area (Å²) in [6.45, 7) is 6.69. The maximum Gasteiger partial charge on any atom is 0.306 e. The summed E-state index contributed by atoms with van der Waals surface area (Å²) in [5.74, 6) is -0.853. The Morgan fingerprint density at radius 1 is 0.241 bits per heavy atom. The molecule has 1 unspecified atom stereocenters. The number of carbonyl (C=O) groups excluding carboxylic acids is 3. The number of allylic oxidation sites excluding steroid dienone is 8. The van der Waals surface area contributed by atoms with Gasteiger partial charge < -0.3 is 14.2 Å². The van der Waals surface area contributed by atoms with Gasteiger partial charge in [0.2, 0.25) is 0 Å². The fourth-order valence-electron chi connectivity index (χ4n) is 11.2. The molecule has 0 amide bonds. The topological polar surface area (TPSA) is 78.9 Å². The van der Waals surface area contributed by atoms with Crippen LogP contribution in [0.2, 0.25) is 0 Å². The molecule has 486 valence electrons. The van der Waals surface area contributed by atoms with E-state index < -0.39 is 6.10 Å². The summed E-state index contributed by atoms with van der Waals surface area (Å²) < 4.78 is 17.0. The van der Waals surface area contributed by atoms with Crippen molar-refractivity contribution >= 4 is 17.9 Å². The monoisotopic (exact) mass is 1160 g/mol. The molecule has 0 saturated heterocycles. The van der Waals surface area contributed by atoms with Crippen molar-refractivity contribution < 1.29 is 28.6 Å². The fraction of sp³-hybridized carbons (Fsp3) is 0.857. The van der Waals surface area contributed by atoms with Gasteiger partial charge in [-0.05, 0) is 83.5 Å². The van der Waals surface area contributed by atoms with Crippen molar-refractivity contribution in [1.82, 2.24) is 0 Å². The minimum absolute atomic E-state index is 0.0721. The second kappa shape index (κ2) is 71.8. The molecule has 6 nitrogen and oxygen atoms in total. The van der Waals surface area contributed by atoms with E-state index in [4.69, 9.17) is 14.2 Å². The first-order chi connectivity index (χ1) is 41.0. The largest absolute Gasteiger partial charge is 0.462 e. The van der Waals surface area contributed by atoms with Crippen LogP contribution in [0, 0.1) is 0 Å². The molecule has 0 saturated carbocycles. The Bertz CT molecular complexity index is 1430. The lowest BCUT2D eigenvalue weighted by Gasteiger charge is -2.18. The highest BCUT2D eigenvalue weighted by Crippen LogP contribution is 2.19. The molecule has 0 radical (unpaired) electrons. The highest BCUT2D eigenvalue weighted by atomic mass is 16.6. The Balaban J connectivity index is 4.25. The summed E-state index contributed by atoms with van der Waals surface area (Å²) in [6.07, 6.45) is 91.5. The molecular formula is C77H142O6. The van der Waals surface area contributed by atoms with Crippen LogP contribution < -0.4 is 0 Å². The summed E-state index contributed by atoms with van der Waals surface area (Å²) in [7, 11) is 0. The van der Waals surface area contributed by atoms with Crippen LogP contribution in [0.1, 0.15) is 406 Å². The lowest BCUT2D eigenvalue weighted by atomic mass is 10.0. The summed E-state index contributed by atoms with van der Waals surface area (Å²) in [5.41, 5.74) is 0. The Morgan fingerprint density at radius 2 is 0.434 bits per heavy atom. The average Bonchev–Trinajstić information content (AvgIpc) is 3.50. The van der Waals surface area contributed by atoms with Crippen molar-refractivity contribution in [2.45, 2.75) is 412 Å². The SMILES string of the molecule is CCCCCCC/C=C\C/C=C\C/C=C\CCCCCCCCCCCCCCC(=O)OCC(COC(=O)CCCCCCC/C=C\CCCCCCC)OC(=O)CCCCCCCCCCCCCCCCCCCCCCCCCC. The van der Waals surface area contributed by atoms with Crippen LogP contribution >= 0.6 is 0 Å². The fourth-order valence-corrected chi connectivity index (χ4v) is 11.2. The van der Waals surface area contributed by atoms with Gasteiger partial charge in [-0.15, -0.1) is 0 Å². The van der Waals surface area contributed by atoms with Crippen molar-refractivity contribution in [2.24, 2.45) is 0 Å². The zero-order chi connectivity index (χ0) is 59.9. The highest BCUT2D eigenvalue weighted by molar-refractivity contribution is 5.71. The first-order valence-corrected chi connectivity index (χ1v) is 37.1. The van der Waals surface area contributed by atoms with Crippen LogP contribution in [0.4, 0.5) is 0 Å². The molecule has 0 aromatic carbocycles. The Labute approximate surface area is 518 Å². The van der Waals surface area contributed by atoms with Crippen LogP contribution in [0.5, 0.6) is 0 Å². The minimum atomic E-state index is -0.777. The van der Waals surface area contributed by atoms with Gasteiger partial charge >= 0.3 is 17.9 Å². The van der Waals surface area contributed by atoms with E-state index in [0.717, 1.165) is 77.0 Å². The molecule has 0 aliphatic carbocycles. The molecule has 0 rings (SSSR count). The van der Waals surface area contributed by atoms with Gasteiger partial charge in [0, 0.05) is 19.3 Å². The second-order valence-corrected chi connectivity index (χ2v) is 25.2. The Morgan fingerprint density at radius 3 is 0.687 bits per heavy atom. The van der Waals surface area contributed by atoms with E-state index in [1.165, 1.54) is 289 Å². The van der Waals surface area contributed by atoms with E-state index in [2.05, 4.69) is 69.4 Å². The molecule has 83 heavy (non-hydrogen) atoms. The van der Waals surface area contributed by atoms with Gasteiger partial charge in [0.15, 0.2) is 6.10 Å². The predicted octanol–water partition coefficient (Wildman–Crippen LogP) is 25.7. The van der Waals surface area contributed by atoms with E-state index in [1.807, 2.05) is 0 Å². The number of ether oxygens (including phenoxy) is 3. The number of unbranched alkanes of at least 4 members (excludes halogenated alkanes) is 50. The molecule has 0 aromatic heterocycles. The predicted molar refractivity (Wildman–Crippen MR) is 362 cm³/mol. The molecule has 0 N–H and O–H groups in total. The zero-order valence-electron chi connectivity index (χ0n) is 56.0. The van der Waals surface area contributed by atoms with Gasteiger partial charge in [-0.3, -0.25) is 14.4 Å². The quantitative estimate of drug-likeness (QED) is 0.0261. The van der Waals surface area contributed by atoms with E-state index in [-0.39, 0.29) is 31.1 Å². The first-order valence-electron chi connectivity index (χ1n) is 37.1. The highest BCUT2D eigenvalue weighted by Gasteiger charge is 2.19. The van der Waals surface area contributed by atoms with Gasteiger partial charge in [0.05, 0.1) is 0 Å². The van der Waals surface area contributed by atoms with E-state index >= 15 is 0 Å². The minimum Gasteiger partial charge on any atom is -0.462 e. The molecule has 0 fully saturated rings. The number of esters is 3. The van der Waals surface area contributed by atoms with Crippen LogP contribution in [-0.2, 0) is 28.6 Å². The van der Waals surface area contributed by atoms with Crippen molar-refractivity contribution in [3.05, 3.63) is 48.6 Å². The normalized spacial score (nSPS) is 12.3. The maximum atomic E-state index is 13.0. The Hall–Kier alpha value is -2.63. The smallest absolute Gasteiger partial charge is 0.306 e. The number of hydrogen-bond acceptors (Lipinski definition) is 6. The maximum absolute atomic E-state index is 13.0. The molecule has 0 bridgehead atoms. The third-order valence-electron chi connectivity index (χ3n) is 16.8. The second-order valence-electron chi connectivity index (χ2n) is 25.2.